The van der Waals surface area contributed by atoms with Gasteiger partial charge in [-0.3, -0.25) is 4.79 Å². The highest BCUT2D eigenvalue weighted by molar-refractivity contribution is 6.32. The van der Waals surface area contributed by atoms with Crippen molar-refractivity contribution in [2.45, 2.75) is 25.3 Å². The van der Waals surface area contributed by atoms with E-state index in [1.54, 1.807) is 12.1 Å². The van der Waals surface area contributed by atoms with E-state index < -0.39 is 0 Å². The molecule has 1 amide bonds. The average Bonchev–Trinajstić information content (AvgIpc) is 2.76. The van der Waals surface area contributed by atoms with Gasteiger partial charge in [0.25, 0.3) is 5.91 Å². The van der Waals surface area contributed by atoms with E-state index in [9.17, 15) is 4.79 Å². The first kappa shape index (κ1) is 11.9. The second kappa shape index (κ2) is 5.15. The lowest BCUT2D eigenvalue weighted by atomic mass is 10.1. The summed E-state index contributed by atoms with van der Waals surface area (Å²) in [6.07, 6.45) is 4.21. The number of halogens is 1. The summed E-state index contributed by atoms with van der Waals surface area (Å²) in [7, 11) is 0. The SMILES string of the molecule is N#CC1CCCC1NC(=O)c1cccnc1Cl. The molecule has 1 aromatic rings. The van der Waals surface area contributed by atoms with Crippen LogP contribution in [0.25, 0.3) is 0 Å². The Balaban J connectivity index is 2.08. The van der Waals surface area contributed by atoms with Crippen LogP contribution in [0.2, 0.25) is 5.15 Å². The molecule has 0 saturated heterocycles. The minimum atomic E-state index is -0.254. The Morgan fingerprint density at radius 3 is 3.12 bits per heavy atom. The van der Waals surface area contributed by atoms with Crippen LogP contribution in [0.1, 0.15) is 29.6 Å². The highest BCUT2D eigenvalue weighted by atomic mass is 35.5. The van der Waals surface area contributed by atoms with Gasteiger partial charge in [-0.25, -0.2) is 4.98 Å². The van der Waals surface area contributed by atoms with Crippen molar-refractivity contribution in [3.05, 3.63) is 29.0 Å². The third-order valence-corrected chi connectivity index (χ3v) is 3.30. The molecular weight excluding hydrogens is 238 g/mol. The van der Waals surface area contributed by atoms with E-state index in [1.807, 2.05) is 0 Å². The normalized spacial score (nSPS) is 23.1. The zero-order valence-corrected chi connectivity index (χ0v) is 9.94. The number of hydrogen-bond acceptors (Lipinski definition) is 3. The van der Waals surface area contributed by atoms with E-state index in [1.165, 1.54) is 6.20 Å². The molecule has 4 nitrogen and oxygen atoms in total. The second-order valence-electron chi connectivity index (χ2n) is 4.09. The Labute approximate surface area is 105 Å². The van der Waals surface area contributed by atoms with Gasteiger partial charge in [0.15, 0.2) is 0 Å². The van der Waals surface area contributed by atoms with Crippen molar-refractivity contribution in [2.24, 2.45) is 5.92 Å². The van der Waals surface area contributed by atoms with Crippen LogP contribution in [0.3, 0.4) is 0 Å². The molecule has 0 aromatic carbocycles. The fraction of sp³-hybridized carbons (Fsp3) is 0.417. The van der Waals surface area contributed by atoms with Gasteiger partial charge in [-0.15, -0.1) is 0 Å². The van der Waals surface area contributed by atoms with Crippen LogP contribution < -0.4 is 5.32 Å². The third-order valence-electron chi connectivity index (χ3n) is 3.00. The number of aromatic nitrogens is 1. The first-order valence-corrected chi connectivity index (χ1v) is 5.91. The summed E-state index contributed by atoms with van der Waals surface area (Å²) >= 11 is 5.84. The summed E-state index contributed by atoms with van der Waals surface area (Å²) in [5.41, 5.74) is 0.359. The van der Waals surface area contributed by atoms with Crippen LogP contribution in [0.15, 0.2) is 18.3 Å². The number of pyridine rings is 1. The van der Waals surface area contributed by atoms with E-state index in [-0.39, 0.29) is 23.0 Å². The van der Waals surface area contributed by atoms with Gasteiger partial charge in [0, 0.05) is 12.2 Å². The van der Waals surface area contributed by atoms with Crippen molar-refractivity contribution < 1.29 is 4.79 Å². The lowest BCUT2D eigenvalue weighted by Crippen LogP contribution is -2.37. The number of carbonyl (C=O) groups is 1. The van der Waals surface area contributed by atoms with Gasteiger partial charge in [0.2, 0.25) is 0 Å². The second-order valence-corrected chi connectivity index (χ2v) is 4.45. The number of hydrogen-bond donors (Lipinski definition) is 1. The van der Waals surface area contributed by atoms with Gasteiger partial charge in [-0.1, -0.05) is 11.6 Å². The van der Waals surface area contributed by atoms with Gasteiger partial charge >= 0.3 is 0 Å². The molecule has 0 bridgehead atoms. The zero-order chi connectivity index (χ0) is 12.3. The van der Waals surface area contributed by atoms with Crippen LogP contribution in [-0.2, 0) is 0 Å². The van der Waals surface area contributed by atoms with Crippen molar-refractivity contribution >= 4 is 17.5 Å². The quantitative estimate of drug-likeness (QED) is 0.817. The van der Waals surface area contributed by atoms with E-state index in [2.05, 4.69) is 16.4 Å². The van der Waals surface area contributed by atoms with Crippen molar-refractivity contribution in [2.75, 3.05) is 0 Å². The predicted molar refractivity (Wildman–Crippen MR) is 63.5 cm³/mol. The highest BCUT2D eigenvalue weighted by Gasteiger charge is 2.29. The number of carbonyl (C=O) groups excluding carboxylic acids is 1. The van der Waals surface area contributed by atoms with Crippen molar-refractivity contribution in [3.8, 4) is 6.07 Å². The summed E-state index contributed by atoms with van der Waals surface area (Å²) in [4.78, 5) is 15.8. The van der Waals surface area contributed by atoms with Gasteiger partial charge in [-0.05, 0) is 31.4 Å². The molecule has 1 N–H and O–H groups in total. The van der Waals surface area contributed by atoms with E-state index in [0.717, 1.165) is 19.3 Å². The first-order valence-electron chi connectivity index (χ1n) is 5.53. The molecule has 5 heteroatoms. The predicted octanol–water partition coefficient (Wildman–Crippen LogP) is 2.16. The Hall–Kier alpha value is -1.60. The largest absolute Gasteiger partial charge is 0.348 e. The van der Waals surface area contributed by atoms with E-state index in [0.29, 0.717) is 5.56 Å². The molecule has 1 saturated carbocycles. The number of amides is 1. The number of nitrogens with zero attached hydrogens (tertiary/aromatic N) is 2. The highest BCUT2D eigenvalue weighted by Crippen LogP contribution is 2.25. The van der Waals surface area contributed by atoms with Crippen LogP contribution in [0.4, 0.5) is 0 Å². The minimum absolute atomic E-state index is 0.0660. The fourth-order valence-electron chi connectivity index (χ4n) is 2.09. The fourth-order valence-corrected chi connectivity index (χ4v) is 2.29. The molecule has 17 heavy (non-hydrogen) atoms. The summed E-state index contributed by atoms with van der Waals surface area (Å²) in [6, 6.07) is 5.45. The zero-order valence-electron chi connectivity index (χ0n) is 9.19. The molecule has 1 aliphatic carbocycles. The molecule has 0 spiro atoms. The average molecular weight is 250 g/mol. The maximum Gasteiger partial charge on any atom is 0.254 e. The number of nitrogens with one attached hydrogen (secondary N) is 1. The number of rotatable bonds is 2. The Kier molecular flexibility index (Phi) is 3.60. The topological polar surface area (TPSA) is 65.8 Å². The standard InChI is InChI=1S/C12H12ClN3O/c13-11-9(4-2-6-15-11)12(17)16-10-5-1-3-8(10)7-14/h2,4,6,8,10H,1,3,5H2,(H,16,17). The lowest BCUT2D eigenvalue weighted by Gasteiger charge is -2.15. The number of nitriles is 1. The van der Waals surface area contributed by atoms with Crippen LogP contribution in [0, 0.1) is 17.2 Å². The Bertz CT molecular complexity index is 469. The van der Waals surface area contributed by atoms with Crippen LogP contribution in [-0.4, -0.2) is 16.9 Å². The molecule has 1 heterocycles. The first-order chi connectivity index (χ1) is 8.22. The molecule has 2 atom stereocenters. The summed E-state index contributed by atoms with van der Waals surface area (Å²) in [5, 5.41) is 12.0. The lowest BCUT2D eigenvalue weighted by molar-refractivity contribution is 0.0932. The van der Waals surface area contributed by atoms with E-state index >= 15 is 0 Å². The van der Waals surface area contributed by atoms with Crippen LogP contribution in [0.5, 0.6) is 0 Å². The molecule has 2 unspecified atom stereocenters. The minimum Gasteiger partial charge on any atom is -0.348 e. The Morgan fingerprint density at radius 1 is 1.59 bits per heavy atom. The van der Waals surface area contributed by atoms with Gasteiger partial charge in [0.1, 0.15) is 5.15 Å². The summed E-state index contributed by atoms with van der Waals surface area (Å²) in [5.74, 6) is -0.343. The van der Waals surface area contributed by atoms with Gasteiger partial charge < -0.3 is 5.32 Å². The molecule has 1 aliphatic rings. The molecule has 1 fully saturated rings. The molecular formula is C12H12ClN3O. The molecule has 0 aliphatic heterocycles. The Morgan fingerprint density at radius 2 is 2.41 bits per heavy atom. The maximum absolute atomic E-state index is 11.9. The molecule has 1 aromatic heterocycles. The van der Waals surface area contributed by atoms with Crippen molar-refractivity contribution in [1.29, 1.82) is 5.26 Å². The monoisotopic (exact) mass is 249 g/mol. The smallest absolute Gasteiger partial charge is 0.254 e. The van der Waals surface area contributed by atoms with E-state index in [4.69, 9.17) is 16.9 Å². The van der Waals surface area contributed by atoms with Crippen molar-refractivity contribution in [1.82, 2.24) is 10.3 Å². The van der Waals surface area contributed by atoms with Gasteiger partial charge in [-0.2, -0.15) is 5.26 Å². The van der Waals surface area contributed by atoms with Gasteiger partial charge in [0.05, 0.1) is 17.6 Å². The third kappa shape index (κ3) is 2.56. The molecule has 88 valence electrons. The maximum atomic E-state index is 11.9. The van der Waals surface area contributed by atoms with Crippen LogP contribution >= 0.6 is 11.6 Å². The van der Waals surface area contributed by atoms with Crippen molar-refractivity contribution in [3.63, 3.8) is 0 Å². The summed E-state index contributed by atoms with van der Waals surface area (Å²) in [6.45, 7) is 0. The molecule has 2 rings (SSSR count). The summed E-state index contributed by atoms with van der Waals surface area (Å²) < 4.78 is 0. The molecule has 0 radical (unpaired) electrons.